The molecule has 2 rings (SSSR count). The van der Waals surface area contributed by atoms with Crippen LogP contribution >= 0.6 is 0 Å². The second-order valence-corrected chi connectivity index (χ2v) is 5.33. The first-order valence-electron chi connectivity index (χ1n) is 6.92. The lowest BCUT2D eigenvalue weighted by Gasteiger charge is -2.16. The van der Waals surface area contributed by atoms with Crippen LogP contribution in [-0.2, 0) is 6.54 Å². The molecule has 0 spiro atoms. The fourth-order valence-corrected chi connectivity index (χ4v) is 2.15. The standard InChI is InChI=1S/C17H20F2N2/c1-12(16-9-6-14(18)10-17(16)19)20-11-13-4-7-15(8-5-13)21(2)3/h4-10,12,20H,11H2,1-3H3. The van der Waals surface area contributed by atoms with Crippen molar-refractivity contribution in [2.75, 3.05) is 19.0 Å². The maximum absolute atomic E-state index is 13.7. The van der Waals surface area contributed by atoms with Crippen LogP contribution in [0.15, 0.2) is 42.5 Å². The summed E-state index contributed by atoms with van der Waals surface area (Å²) >= 11 is 0. The second-order valence-electron chi connectivity index (χ2n) is 5.33. The van der Waals surface area contributed by atoms with Crippen LogP contribution in [0.25, 0.3) is 0 Å². The monoisotopic (exact) mass is 290 g/mol. The molecule has 0 saturated carbocycles. The van der Waals surface area contributed by atoms with E-state index in [9.17, 15) is 8.78 Å². The summed E-state index contributed by atoms with van der Waals surface area (Å²) in [6.45, 7) is 2.50. The van der Waals surface area contributed by atoms with Crippen molar-refractivity contribution < 1.29 is 8.78 Å². The van der Waals surface area contributed by atoms with Gasteiger partial charge in [-0.2, -0.15) is 0 Å². The van der Waals surface area contributed by atoms with E-state index in [2.05, 4.69) is 5.32 Å². The van der Waals surface area contributed by atoms with E-state index >= 15 is 0 Å². The zero-order valence-electron chi connectivity index (χ0n) is 12.5. The number of nitrogens with zero attached hydrogens (tertiary/aromatic N) is 1. The Bertz CT molecular complexity index is 594. The molecule has 2 aromatic carbocycles. The average molecular weight is 290 g/mol. The van der Waals surface area contributed by atoms with E-state index in [-0.39, 0.29) is 6.04 Å². The van der Waals surface area contributed by atoms with Crippen LogP contribution in [0, 0.1) is 11.6 Å². The van der Waals surface area contributed by atoms with E-state index < -0.39 is 11.6 Å². The van der Waals surface area contributed by atoms with Crippen LogP contribution in [0.4, 0.5) is 14.5 Å². The molecule has 1 N–H and O–H groups in total. The predicted molar refractivity (Wildman–Crippen MR) is 82.4 cm³/mol. The Labute approximate surface area is 124 Å². The van der Waals surface area contributed by atoms with E-state index in [1.165, 1.54) is 12.1 Å². The Kier molecular flexibility index (Phi) is 4.91. The predicted octanol–water partition coefficient (Wildman–Crippen LogP) is 3.88. The highest BCUT2D eigenvalue weighted by Crippen LogP contribution is 2.19. The van der Waals surface area contributed by atoms with Gasteiger partial charge in [-0.1, -0.05) is 18.2 Å². The highest BCUT2D eigenvalue weighted by atomic mass is 19.1. The van der Waals surface area contributed by atoms with Gasteiger partial charge >= 0.3 is 0 Å². The summed E-state index contributed by atoms with van der Waals surface area (Å²) in [6.07, 6.45) is 0. The van der Waals surface area contributed by atoms with Crippen LogP contribution in [0.5, 0.6) is 0 Å². The summed E-state index contributed by atoms with van der Waals surface area (Å²) in [7, 11) is 3.99. The fraction of sp³-hybridized carbons (Fsp3) is 0.294. The Balaban J connectivity index is 1.98. The Morgan fingerprint density at radius 3 is 2.29 bits per heavy atom. The molecule has 4 heteroatoms. The number of rotatable bonds is 5. The maximum atomic E-state index is 13.7. The second kappa shape index (κ2) is 6.68. The minimum atomic E-state index is -0.553. The van der Waals surface area contributed by atoms with E-state index in [4.69, 9.17) is 0 Å². The Morgan fingerprint density at radius 2 is 1.71 bits per heavy atom. The van der Waals surface area contributed by atoms with Crippen molar-refractivity contribution in [2.24, 2.45) is 0 Å². The normalized spacial score (nSPS) is 12.2. The number of nitrogens with one attached hydrogen (secondary N) is 1. The third-order valence-electron chi connectivity index (χ3n) is 3.49. The molecule has 0 aliphatic rings. The first-order chi connectivity index (χ1) is 9.97. The molecule has 21 heavy (non-hydrogen) atoms. The van der Waals surface area contributed by atoms with Crippen molar-refractivity contribution in [3.05, 3.63) is 65.2 Å². The van der Waals surface area contributed by atoms with Crippen molar-refractivity contribution in [2.45, 2.75) is 19.5 Å². The molecule has 0 radical (unpaired) electrons. The van der Waals surface area contributed by atoms with Crippen LogP contribution in [0.2, 0.25) is 0 Å². The zero-order valence-corrected chi connectivity index (χ0v) is 12.5. The van der Waals surface area contributed by atoms with E-state index in [1.54, 1.807) is 0 Å². The summed E-state index contributed by atoms with van der Waals surface area (Å²) in [4.78, 5) is 2.04. The molecule has 2 nitrogen and oxygen atoms in total. The number of hydrogen-bond acceptors (Lipinski definition) is 2. The quantitative estimate of drug-likeness (QED) is 0.899. The van der Waals surface area contributed by atoms with E-state index in [1.807, 2.05) is 50.2 Å². The van der Waals surface area contributed by atoms with Gasteiger partial charge in [-0.25, -0.2) is 8.78 Å². The van der Waals surface area contributed by atoms with Crippen molar-refractivity contribution in [1.29, 1.82) is 0 Å². The van der Waals surface area contributed by atoms with Crippen molar-refractivity contribution >= 4 is 5.69 Å². The number of benzene rings is 2. The lowest BCUT2D eigenvalue weighted by atomic mass is 10.1. The van der Waals surface area contributed by atoms with Gasteiger partial charge in [-0.3, -0.25) is 0 Å². The molecule has 0 amide bonds. The largest absolute Gasteiger partial charge is 0.378 e. The SMILES string of the molecule is CC(NCc1ccc(N(C)C)cc1)c1ccc(F)cc1F. The summed E-state index contributed by atoms with van der Waals surface area (Å²) in [5, 5.41) is 3.25. The van der Waals surface area contributed by atoms with Gasteiger partial charge in [0.15, 0.2) is 0 Å². The lowest BCUT2D eigenvalue weighted by molar-refractivity contribution is 0.518. The molecule has 0 saturated heterocycles. The molecular weight excluding hydrogens is 270 g/mol. The molecule has 2 aromatic rings. The summed E-state index contributed by atoms with van der Waals surface area (Å²) in [5.74, 6) is -1.07. The fourth-order valence-electron chi connectivity index (χ4n) is 2.15. The highest BCUT2D eigenvalue weighted by Gasteiger charge is 2.11. The number of anilines is 1. The molecule has 1 unspecified atom stereocenters. The maximum Gasteiger partial charge on any atom is 0.130 e. The van der Waals surface area contributed by atoms with Crippen molar-refractivity contribution in [3.63, 3.8) is 0 Å². The van der Waals surface area contributed by atoms with Gasteiger partial charge in [0, 0.05) is 44.0 Å². The topological polar surface area (TPSA) is 15.3 Å². The van der Waals surface area contributed by atoms with Gasteiger partial charge in [0.05, 0.1) is 0 Å². The minimum Gasteiger partial charge on any atom is -0.378 e. The van der Waals surface area contributed by atoms with Gasteiger partial charge in [-0.15, -0.1) is 0 Å². The smallest absolute Gasteiger partial charge is 0.130 e. The third-order valence-corrected chi connectivity index (χ3v) is 3.49. The molecule has 0 fully saturated rings. The molecule has 0 heterocycles. The highest BCUT2D eigenvalue weighted by molar-refractivity contribution is 5.46. The third kappa shape index (κ3) is 4.02. The molecule has 0 aromatic heterocycles. The number of hydrogen-bond donors (Lipinski definition) is 1. The van der Waals surface area contributed by atoms with Gasteiger partial charge in [0.1, 0.15) is 11.6 Å². The van der Waals surface area contributed by atoms with Crippen molar-refractivity contribution in [1.82, 2.24) is 5.32 Å². The van der Waals surface area contributed by atoms with Gasteiger partial charge < -0.3 is 10.2 Å². The summed E-state index contributed by atoms with van der Waals surface area (Å²) in [6, 6.07) is 11.7. The Morgan fingerprint density at radius 1 is 1.05 bits per heavy atom. The van der Waals surface area contributed by atoms with E-state index in [0.717, 1.165) is 17.3 Å². The van der Waals surface area contributed by atoms with Gasteiger partial charge in [-0.05, 0) is 30.7 Å². The van der Waals surface area contributed by atoms with Crippen LogP contribution in [0.1, 0.15) is 24.1 Å². The minimum absolute atomic E-state index is 0.181. The molecule has 0 aliphatic carbocycles. The van der Waals surface area contributed by atoms with Crippen LogP contribution in [0.3, 0.4) is 0 Å². The molecule has 1 atom stereocenters. The molecular formula is C17H20F2N2. The summed E-state index contributed by atoms with van der Waals surface area (Å²) in [5.41, 5.74) is 2.73. The number of halogens is 2. The lowest BCUT2D eigenvalue weighted by Crippen LogP contribution is -2.19. The zero-order chi connectivity index (χ0) is 15.4. The van der Waals surface area contributed by atoms with Crippen LogP contribution < -0.4 is 10.2 Å². The average Bonchev–Trinajstić information content (AvgIpc) is 2.45. The summed E-state index contributed by atoms with van der Waals surface area (Å²) < 4.78 is 26.6. The molecule has 0 bridgehead atoms. The first-order valence-corrected chi connectivity index (χ1v) is 6.92. The molecule has 0 aliphatic heterocycles. The van der Waals surface area contributed by atoms with Crippen molar-refractivity contribution in [3.8, 4) is 0 Å². The van der Waals surface area contributed by atoms with Gasteiger partial charge in [0.2, 0.25) is 0 Å². The van der Waals surface area contributed by atoms with Gasteiger partial charge in [0.25, 0.3) is 0 Å². The van der Waals surface area contributed by atoms with Crippen LogP contribution in [-0.4, -0.2) is 14.1 Å². The van der Waals surface area contributed by atoms with E-state index in [0.29, 0.717) is 12.1 Å². The molecule has 112 valence electrons. The first kappa shape index (κ1) is 15.4. The Hall–Kier alpha value is -1.94.